The van der Waals surface area contributed by atoms with Crippen molar-refractivity contribution in [2.24, 2.45) is 5.92 Å². The zero-order valence-corrected chi connectivity index (χ0v) is 12.4. The van der Waals surface area contributed by atoms with Crippen molar-refractivity contribution in [1.29, 1.82) is 0 Å². The molecular weight excluding hydrogens is 325 g/mol. The highest BCUT2D eigenvalue weighted by atomic mass is 127. The number of benzene rings is 1. The average molecular weight is 345 g/mol. The number of hydrogen-bond donors (Lipinski definition) is 1. The fourth-order valence-electron chi connectivity index (χ4n) is 2.16. The van der Waals surface area contributed by atoms with Crippen molar-refractivity contribution in [3.05, 3.63) is 33.4 Å². The minimum absolute atomic E-state index is 0.440. The van der Waals surface area contributed by atoms with E-state index in [1.807, 2.05) is 0 Å². The maximum atomic E-state index is 5.38. The molecule has 2 nitrogen and oxygen atoms in total. The third kappa shape index (κ3) is 4.23. The summed E-state index contributed by atoms with van der Waals surface area (Å²) in [7, 11) is 0. The van der Waals surface area contributed by atoms with Gasteiger partial charge in [0.2, 0.25) is 0 Å². The summed E-state index contributed by atoms with van der Waals surface area (Å²) in [6.07, 6.45) is 2.40. The molecule has 1 heterocycles. The highest BCUT2D eigenvalue weighted by Crippen LogP contribution is 2.17. The topological polar surface area (TPSA) is 21.3 Å². The van der Waals surface area contributed by atoms with E-state index in [9.17, 15) is 0 Å². The van der Waals surface area contributed by atoms with E-state index in [1.165, 1.54) is 22.0 Å². The van der Waals surface area contributed by atoms with Crippen LogP contribution in [0.1, 0.15) is 31.4 Å². The lowest BCUT2D eigenvalue weighted by Gasteiger charge is -2.24. The van der Waals surface area contributed by atoms with Crippen molar-refractivity contribution >= 4 is 22.6 Å². The summed E-state index contributed by atoms with van der Waals surface area (Å²) in [6.45, 7) is 5.21. The zero-order chi connectivity index (χ0) is 12.1. The van der Waals surface area contributed by atoms with Crippen LogP contribution in [-0.4, -0.2) is 19.8 Å². The van der Waals surface area contributed by atoms with E-state index >= 15 is 0 Å². The highest BCUT2D eigenvalue weighted by molar-refractivity contribution is 14.1. The van der Waals surface area contributed by atoms with E-state index in [0.717, 1.165) is 25.7 Å². The molecule has 0 aromatic heterocycles. The molecule has 1 aliphatic heterocycles. The molecule has 1 atom stereocenters. The maximum Gasteiger partial charge on any atom is 0.0469 e. The molecule has 94 valence electrons. The van der Waals surface area contributed by atoms with Crippen molar-refractivity contribution < 1.29 is 4.74 Å². The SMILES string of the molecule is CC(NCC1CCOCC1)c1ccc(I)cc1. The van der Waals surface area contributed by atoms with Crippen LogP contribution in [0.4, 0.5) is 0 Å². The van der Waals surface area contributed by atoms with Gasteiger partial charge in [-0.05, 0) is 72.5 Å². The molecule has 3 heteroatoms. The van der Waals surface area contributed by atoms with Crippen LogP contribution in [0.15, 0.2) is 24.3 Å². The monoisotopic (exact) mass is 345 g/mol. The van der Waals surface area contributed by atoms with Crippen molar-refractivity contribution in [3.63, 3.8) is 0 Å². The van der Waals surface area contributed by atoms with E-state index in [1.54, 1.807) is 0 Å². The number of hydrogen-bond acceptors (Lipinski definition) is 2. The van der Waals surface area contributed by atoms with Gasteiger partial charge in [-0.2, -0.15) is 0 Å². The van der Waals surface area contributed by atoms with Crippen molar-refractivity contribution in [2.45, 2.75) is 25.8 Å². The molecular formula is C14H20INO. The van der Waals surface area contributed by atoms with Gasteiger partial charge in [0.1, 0.15) is 0 Å². The minimum atomic E-state index is 0.440. The summed E-state index contributed by atoms with van der Waals surface area (Å²) in [5, 5.41) is 3.63. The first-order chi connectivity index (χ1) is 8.25. The number of rotatable bonds is 4. The molecule has 0 aliphatic carbocycles. The van der Waals surface area contributed by atoms with Crippen LogP contribution >= 0.6 is 22.6 Å². The van der Waals surface area contributed by atoms with Gasteiger partial charge in [0.05, 0.1) is 0 Å². The second-order valence-corrected chi connectivity index (χ2v) is 5.98. The first kappa shape index (κ1) is 13.3. The second-order valence-electron chi connectivity index (χ2n) is 4.74. The summed E-state index contributed by atoms with van der Waals surface area (Å²) in [6, 6.07) is 9.20. The molecule has 0 saturated carbocycles. The second kappa shape index (κ2) is 6.71. The van der Waals surface area contributed by atoms with E-state index in [4.69, 9.17) is 4.74 Å². The molecule has 0 bridgehead atoms. The largest absolute Gasteiger partial charge is 0.381 e. The van der Waals surface area contributed by atoms with Gasteiger partial charge in [-0.1, -0.05) is 12.1 Å². The number of nitrogens with one attached hydrogen (secondary N) is 1. The predicted molar refractivity (Wildman–Crippen MR) is 79.1 cm³/mol. The lowest BCUT2D eigenvalue weighted by Crippen LogP contribution is -2.29. The van der Waals surface area contributed by atoms with Gasteiger partial charge in [0, 0.05) is 22.8 Å². The third-order valence-corrected chi connectivity index (χ3v) is 4.14. The lowest BCUT2D eigenvalue weighted by atomic mass is 9.99. The van der Waals surface area contributed by atoms with Gasteiger partial charge < -0.3 is 10.1 Å². The van der Waals surface area contributed by atoms with Gasteiger partial charge in [-0.15, -0.1) is 0 Å². The Kier molecular flexibility index (Phi) is 5.25. The molecule has 2 rings (SSSR count). The van der Waals surface area contributed by atoms with E-state index in [0.29, 0.717) is 6.04 Å². The highest BCUT2D eigenvalue weighted by Gasteiger charge is 2.14. The molecule has 1 N–H and O–H groups in total. The van der Waals surface area contributed by atoms with Gasteiger partial charge in [0.15, 0.2) is 0 Å². The Morgan fingerprint density at radius 3 is 2.59 bits per heavy atom. The average Bonchev–Trinajstić information content (AvgIpc) is 2.38. The summed E-state index contributed by atoms with van der Waals surface area (Å²) in [5.41, 5.74) is 1.37. The minimum Gasteiger partial charge on any atom is -0.381 e. The van der Waals surface area contributed by atoms with Crippen LogP contribution in [0.3, 0.4) is 0 Å². The molecule has 1 aromatic carbocycles. The Bertz CT molecular complexity index is 333. The van der Waals surface area contributed by atoms with E-state index in [2.05, 4.69) is 59.1 Å². The van der Waals surface area contributed by atoms with Crippen LogP contribution in [0.2, 0.25) is 0 Å². The molecule has 0 spiro atoms. The van der Waals surface area contributed by atoms with Crippen molar-refractivity contribution in [3.8, 4) is 0 Å². The van der Waals surface area contributed by atoms with Crippen molar-refractivity contribution in [1.82, 2.24) is 5.32 Å². The maximum absolute atomic E-state index is 5.38. The Labute approximate surface area is 117 Å². The molecule has 1 aromatic rings. The molecule has 1 unspecified atom stereocenters. The zero-order valence-electron chi connectivity index (χ0n) is 10.3. The van der Waals surface area contributed by atoms with Crippen LogP contribution in [-0.2, 0) is 4.74 Å². The predicted octanol–water partition coefficient (Wildman–Crippen LogP) is 3.37. The Morgan fingerprint density at radius 1 is 1.29 bits per heavy atom. The van der Waals surface area contributed by atoms with Gasteiger partial charge in [-0.25, -0.2) is 0 Å². The number of halogens is 1. The quantitative estimate of drug-likeness (QED) is 0.845. The van der Waals surface area contributed by atoms with Crippen molar-refractivity contribution in [2.75, 3.05) is 19.8 Å². The fourth-order valence-corrected chi connectivity index (χ4v) is 2.52. The van der Waals surface area contributed by atoms with Gasteiger partial charge in [-0.3, -0.25) is 0 Å². The molecule has 17 heavy (non-hydrogen) atoms. The molecule has 0 radical (unpaired) electrons. The fraction of sp³-hybridized carbons (Fsp3) is 0.571. The van der Waals surface area contributed by atoms with Gasteiger partial charge in [0.25, 0.3) is 0 Å². The standard InChI is InChI=1S/C14H20INO/c1-11(13-2-4-14(15)5-3-13)16-10-12-6-8-17-9-7-12/h2-5,11-12,16H,6-10H2,1H3. The Hall–Kier alpha value is -0.130. The number of ether oxygens (including phenoxy) is 1. The molecule has 1 aliphatic rings. The van der Waals surface area contributed by atoms with Crippen LogP contribution in [0.5, 0.6) is 0 Å². The summed E-state index contributed by atoms with van der Waals surface area (Å²) >= 11 is 2.34. The Morgan fingerprint density at radius 2 is 1.94 bits per heavy atom. The third-order valence-electron chi connectivity index (χ3n) is 3.42. The van der Waals surface area contributed by atoms with Gasteiger partial charge >= 0.3 is 0 Å². The lowest BCUT2D eigenvalue weighted by molar-refractivity contribution is 0.0656. The van der Waals surface area contributed by atoms with Crippen LogP contribution < -0.4 is 5.32 Å². The molecule has 0 amide bonds. The van der Waals surface area contributed by atoms with Crippen LogP contribution in [0.25, 0.3) is 0 Å². The van der Waals surface area contributed by atoms with Crippen LogP contribution in [0, 0.1) is 9.49 Å². The molecule has 1 fully saturated rings. The first-order valence-electron chi connectivity index (χ1n) is 6.32. The summed E-state index contributed by atoms with van der Waals surface area (Å²) in [5.74, 6) is 0.787. The normalized spacial score (nSPS) is 19.2. The summed E-state index contributed by atoms with van der Waals surface area (Å²) in [4.78, 5) is 0. The first-order valence-corrected chi connectivity index (χ1v) is 7.40. The summed E-state index contributed by atoms with van der Waals surface area (Å²) < 4.78 is 6.67. The smallest absolute Gasteiger partial charge is 0.0469 e. The van der Waals surface area contributed by atoms with E-state index in [-0.39, 0.29) is 0 Å². The molecule has 1 saturated heterocycles. The van der Waals surface area contributed by atoms with E-state index < -0.39 is 0 Å². The Balaban J connectivity index is 1.80.